The van der Waals surface area contributed by atoms with E-state index in [2.05, 4.69) is 5.32 Å². The topological polar surface area (TPSA) is 55.1 Å². The Hall–Kier alpha value is -0.870. The molecule has 1 aliphatic heterocycles. The molecular formula is C13H17ClN2OS. The van der Waals surface area contributed by atoms with Crippen LogP contribution in [0.1, 0.15) is 29.6 Å². The Balaban J connectivity index is 1.90. The molecule has 1 aliphatic rings. The van der Waals surface area contributed by atoms with Crippen LogP contribution in [-0.2, 0) is 0 Å². The van der Waals surface area contributed by atoms with Gasteiger partial charge in [0.2, 0.25) is 0 Å². The summed E-state index contributed by atoms with van der Waals surface area (Å²) >= 11 is 7.75. The van der Waals surface area contributed by atoms with Gasteiger partial charge < -0.3 is 11.1 Å². The highest BCUT2D eigenvalue weighted by molar-refractivity contribution is 7.99. The van der Waals surface area contributed by atoms with Crippen LogP contribution in [0.3, 0.4) is 0 Å². The number of anilines is 1. The Morgan fingerprint density at radius 1 is 1.50 bits per heavy atom. The Morgan fingerprint density at radius 3 is 3.00 bits per heavy atom. The fourth-order valence-electron chi connectivity index (χ4n) is 2.01. The van der Waals surface area contributed by atoms with Crippen LogP contribution in [0.25, 0.3) is 0 Å². The molecule has 0 aliphatic carbocycles. The predicted molar refractivity (Wildman–Crippen MR) is 78.3 cm³/mol. The quantitative estimate of drug-likeness (QED) is 0.839. The Labute approximate surface area is 116 Å². The second-order valence-electron chi connectivity index (χ2n) is 4.43. The van der Waals surface area contributed by atoms with Crippen LogP contribution < -0.4 is 11.1 Å². The van der Waals surface area contributed by atoms with E-state index in [0.717, 1.165) is 0 Å². The SMILES string of the molecule is Nc1cc(Cl)ccc1C(=O)NCC1CCCCS1. The van der Waals surface area contributed by atoms with Crippen molar-refractivity contribution in [3.05, 3.63) is 28.8 Å². The van der Waals surface area contributed by atoms with Crippen molar-refractivity contribution in [2.24, 2.45) is 0 Å². The number of hydrogen-bond acceptors (Lipinski definition) is 3. The minimum Gasteiger partial charge on any atom is -0.398 e. The highest BCUT2D eigenvalue weighted by Gasteiger charge is 2.16. The number of rotatable bonds is 3. The van der Waals surface area contributed by atoms with Crippen LogP contribution in [0.2, 0.25) is 5.02 Å². The standard InChI is InChI=1S/C13H17ClN2OS/c14-9-4-5-11(12(15)7-9)13(17)16-8-10-3-1-2-6-18-10/h4-5,7,10H,1-3,6,8,15H2,(H,16,17). The second-order valence-corrected chi connectivity index (χ2v) is 6.27. The number of thioether (sulfide) groups is 1. The third-order valence-corrected chi connectivity index (χ3v) is 4.66. The lowest BCUT2D eigenvalue weighted by atomic mass is 10.1. The van der Waals surface area contributed by atoms with E-state index >= 15 is 0 Å². The largest absolute Gasteiger partial charge is 0.398 e. The molecule has 5 heteroatoms. The summed E-state index contributed by atoms with van der Waals surface area (Å²) in [4.78, 5) is 12.0. The van der Waals surface area contributed by atoms with Gasteiger partial charge in [-0.15, -0.1) is 0 Å². The number of amides is 1. The zero-order chi connectivity index (χ0) is 13.0. The van der Waals surface area contributed by atoms with Crippen molar-refractivity contribution >= 4 is 35.0 Å². The predicted octanol–water partition coefficient (Wildman–Crippen LogP) is 2.94. The minimum absolute atomic E-state index is 0.115. The lowest BCUT2D eigenvalue weighted by Gasteiger charge is -2.21. The van der Waals surface area contributed by atoms with Gasteiger partial charge >= 0.3 is 0 Å². The first-order valence-electron chi connectivity index (χ1n) is 6.11. The van der Waals surface area contributed by atoms with E-state index in [1.54, 1.807) is 18.2 Å². The molecule has 0 bridgehead atoms. The van der Waals surface area contributed by atoms with Crippen molar-refractivity contribution in [2.75, 3.05) is 18.0 Å². The van der Waals surface area contributed by atoms with Crippen molar-refractivity contribution in [3.8, 4) is 0 Å². The molecule has 1 aromatic rings. The first-order chi connectivity index (χ1) is 8.66. The van der Waals surface area contributed by atoms with E-state index in [4.69, 9.17) is 17.3 Å². The molecule has 0 spiro atoms. The van der Waals surface area contributed by atoms with Gasteiger partial charge in [-0.05, 0) is 36.8 Å². The van der Waals surface area contributed by atoms with Crippen LogP contribution in [0.4, 0.5) is 5.69 Å². The zero-order valence-corrected chi connectivity index (χ0v) is 11.7. The van der Waals surface area contributed by atoms with Gasteiger partial charge in [0.15, 0.2) is 0 Å². The van der Waals surface area contributed by atoms with Crippen molar-refractivity contribution < 1.29 is 4.79 Å². The number of nitrogens with two attached hydrogens (primary N) is 1. The number of halogens is 1. The average molecular weight is 285 g/mol. The number of hydrogen-bond donors (Lipinski definition) is 2. The van der Waals surface area contributed by atoms with E-state index in [1.807, 2.05) is 11.8 Å². The molecule has 1 heterocycles. The maximum Gasteiger partial charge on any atom is 0.253 e. The van der Waals surface area contributed by atoms with Gasteiger partial charge in [0.05, 0.1) is 5.56 Å². The molecule has 18 heavy (non-hydrogen) atoms. The van der Waals surface area contributed by atoms with Gasteiger partial charge in [-0.1, -0.05) is 18.0 Å². The van der Waals surface area contributed by atoms with E-state index in [1.165, 1.54) is 25.0 Å². The molecule has 98 valence electrons. The normalized spacial score (nSPS) is 19.5. The highest BCUT2D eigenvalue weighted by Crippen LogP contribution is 2.24. The molecule has 1 atom stereocenters. The molecule has 0 aromatic heterocycles. The lowest BCUT2D eigenvalue weighted by molar-refractivity contribution is 0.0954. The number of carbonyl (C=O) groups excluding carboxylic acids is 1. The summed E-state index contributed by atoms with van der Waals surface area (Å²) in [7, 11) is 0. The van der Waals surface area contributed by atoms with Crippen molar-refractivity contribution in [1.82, 2.24) is 5.32 Å². The fourth-order valence-corrected chi connectivity index (χ4v) is 3.43. The molecule has 1 saturated heterocycles. The van der Waals surface area contributed by atoms with Crippen LogP contribution in [0.15, 0.2) is 18.2 Å². The number of nitrogens with one attached hydrogen (secondary N) is 1. The maximum atomic E-state index is 12.0. The van der Waals surface area contributed by atoms with E-state index < -0.39 is 0 Å². The molecule has 0 saturated carbocycles. The third-order valence-electron chi connectivity index (χ3n) is 3.02. The summed E-state index contributed by atoms with van der Waals surface area (Å²) in [6, 6.07) is 4.95. The minimum atomic E-state index is -0.115. The van der Waals surface area contributed by atoms with E-state index in [-0.39, 0.29) is 5.91 Å². The Kier molecular flexibility index (Phi) is 4.78. The van der Waals surface area contributed by atoms with Crippen LogP contribution >= 0.6 is 23.4 Å². The molecule has 1 unspecified atom stereocenters. The summed E-state index contributed by atoms with van der Waals surface area (Å²) in [5, 5.41) is 4.03. The Bertz CT molecular complexity index is 433. The van der Waals surface area contributed by atoms with Crippen molar-refractivity contribution in [3.63, 3.8) is 0 Å². The first-order valence-corrected chi connectivity index (χ1v) is 7.54. The maximum absolute atomic E-state index is 12.0. The number of carbonyl (C=O) groups is 1. The highest BCUT2D eigenvalue weighted by atomic mass is 35.5. The van der Waals surface area contributed by atoms with Gasteiger partial charge in [-0.2, -0.15) is 11.8 Å². The van der Waals surface area contributed by atoms with Gasteiger partial charge in [0.1, 0.15) is 0 Å². The van der Waals surface area contributed by atoms with Gasteiger partial charge in [0.25, 0.3) is 5.91 Å². The monoisotopic (exact) mass is 284 g/mol. The third kappa shape index (κ3) is 3.56. The molecule has 0 radical (unpaired) electrons. The Morgan fingerprint density at radius 2 is 2.33 bits per heavy atom. The molecule has 1 fully saturated rings. The number of nitrogen functional groups attached to an aromatic ring is 1. The summed E-state index contributed by atoms with van der Waals surface area (Å²) in [6.45, 7) is 0.714. The lowest BCUT2D eigenvalue weighted by Crippen LogP contribution is -2.32. The summed E-state index contributed by atoms with van der Waals surface area (Å²) < 4.78 is 0. The molecule has 3 N–H and O–H groups in total. The number of benzene rings is 1. The molecular weight excluding hydrogens is 268 g/mol. The molecule has 3 nitrogen and oxygen atoms in total. The smallest absolute Gasteiger partial charge is 0.253 e. The van der Waals surface area contributed by atoms with E-state index in [0.29, 0.717) is 28.1 Å². The van der Waals surface area contributed by atoms with Gasteiger partial charge in [-0.3, -0.25) is 4.79 Å². The van der Waals surface area contributed by atoms with Crippen LogP contribution in [0, 0.1) is 0 Å². The zero-order valence-electron chi connectivity index (χ0n) is 10.1. The van der Waals surface area contributed by atoms with Gasteiger partial charge in [-0.25, -0.2) is 0 Å². The molecule has 1 aromatic carbocycles. The van der Waals surface area contributed by atoms with Crippen LogP contribution in [-0.4, -0.2) is 23.5 Å². The fraction of sp³-hybridized carbons (Fsp3) is 0.462. The summed E-state index contributed by atoms with van der Waals surface area (Å²) in [6.07, 6.45) is 3.73. The van der Waals surface area contributed by atoms with Gasteiger partial charge in [0, 0.05) is 22.5 Å². The van der Waals surface area contributed by atoms with E-state index in [9.17, 15) is 4.79 Å². The average Bonchev–Trinajstić information content (AvgIpc) is 2.37. The van der Waals surface area contributed by atoms with Crippen molar-refractivity contribution in [1.29, 1.82) is 0 Å². The molecule has 2 rings (SSSR count). The van der Waals surface area contributed by atoms with Crippen molar-refractivity contribution in [2.45, 2.75) is 24.5 Å². The molecule has 1 amide bonds. The second kappa shape index (κ2) is 6.34. The van der Waals surface area contributed by atoms with Crippen LogP contribution in [0.5, 0.6) is 0 Å². The summed E-state index contributed by atoms with van der Waals surface area (Å²) in [5.74, 6) is 1.08. The summed E-state index contributed by atoms with van der Waals surface area (Å²) in [5.41, 5.74) is 6.71. The first kappa shape index (κ1) is 13.6.